The Labute approximate surface area is 131 Å². The first-order chi connectivity index (χ1) is 9.61. The highest BCUT2D eigenvalue weighted by Crippen LogP contribution is 2.30. The molecule has 0 spiro atoms. The number of nitrogens with one attached hydrogen (secondary N) is 1. The maximum absolute atomic E-state index is 13.7. The minimum Gasteiger partial charge on any atom is -0.487 e. The monoisotopic (exact) mass is 357 g/mol. The van der Waals surface area contributed by atoms with Crippen molar-refractivity contribution >= 4 is 27.5 Å². The molecule has 0 amide bonds. The van der Waals surface area contributed by atoms with Crippen LogP contribution in [0.5, 0.6) is 5.75 Å². The summed E-state index contributed by atoms with van der Waals surface area (Å²) < 4.78 is 20.3. The first-order valence-corrected chi connectivity index (χ1v) is 7.27. The van der Waals surface area contributed by atoms with Gasteiger partial charge in [0.05, 0.1) is 4.47 Å². The van der Waals surface area contributed by atoms with Crippen LogP contribution in [0.25, 0.3) is 0 Å². The standard InChI is InChI=1S/C15H14BrClFNO/c1-19-8-10-3-2-4-13(16)15(10)20-9-11-5-6-12(17)7-14(11)18/h2-7,19H,8-9H2,1H3. The second-order valence-electron chi connectivity index (χ2n) is 4.28. The summed E-state index contributed by atoms with van der Waals surface area (Å²) in [6, 6.07) is 10.4. The van der Waals surface area contributed by atoms with Gasteiger partial charge >= 0.3 is 0 Å². The predicted molar refractivity (Wildman–Crippen MR) is 82.6 cm³/mol. The first kappa shape index (κ1) is 15.3. The zero-order chi connectivity index (χ0) is 14.5. The van der Waals surface area contributed by atoms with E-state index >= 15 is 0 Å². The third-order valence-electron chi connectivity index (χ3n) is 2.80. The summed E-state index contributed by atoms with van der Waals surface area (Å²) in [5.41, 5.74) is 1.48. The number of hydrogen-bond acceptors (Lipinski definition) is 2. The SMILES string of the molecule is CNCc1cccc(Br)c1OCc1ccc(Cl)cc1F. The van der Waals surface area contributed by atoms with E-state index in [1.54, 1.807) is 12.1 Å². The summed E-state index contributed by atoms with van der Waals surface area (Å²) >= 11 is 9.18. The molecule has 2 aromatic carbocycles. The molecule has 0 aliphatic rings. The van der Waals surface area contributed by atoms with E-state index in [-0.39, 0.29) is 12.4 Å². The Balaban J connectivity index is 2.18. The number of halogens is 3. The second kappa shape index (κ2) is 7.07. The van der Waals surface area contributed by atoms with Crippen molar-refractivity contribution < 1.29 is 9.13 Å². The van der Waals surface area contributed by atoms with Crippen LogP contribution in [0.2, 0.25) is 5.02 Å². The van der Waals surface area contributed by atoms with E-state index in [1.165, 1.54) is 6.07 Å². The smallest absolute Gasteiger partial charge is 0.138 e. The maximum atomic E-state index is 13.7. The molecule has 0 aromatic heterocycles. The number of rotatable bonds is 5. The Hall–Kier alpha value is -1.10. The number of hydrogen-bond donors (Lipinski definition) is 1. The first-order valence-electron chi connectivity index (χ1n) is 6.10. The van der Waals surface area contributed by atoms with Crippen LogP contribution >= 0.6 is 27.5 Å². The van der Waals surface area contributed by atoms with Gasteiger partial charge in [-0.3, -0.25) is 0 Å². The molecule has 0 radical (unpaired) electrons. The lowest BCUT2D eigenvalue weighted by atomic mass is 10.2. The van der Waals surface area contributed by atoms with Gasteiger partial charge in [-0.1, -0.05) is 29.8 Å². The van der Waals surface area contributed by atoms with Crippen LogP contribution in [0.1, 0.15) is 11.1 Å². The lowest BCUT2D eigenvalue weighted by Gasteiger charge is -2.13. The number of para-hydroxylation sites is 1. The maximum Gasteiger partial charge on any atom is 0.138 e. The molecule has 0 saturated carbocycles. The molecule has 0 atom stereocenters. The van der Waals surface area contributed by atoms with Crippen LogP contribution < -0.4 is 10.1 Å². The van der Waals surface area contributed by atoms with E-state index in [0.29, 0.717) is 17.1 Å². The molecule has 2 nitrogen and oxygen atoms in total. The lowest BCUT2D eigenvalue weighted by Crippen LogP contribution is -2.08. The Morgan fingerprint density at radius 1 is 1.25 bits per heavy atom. The highest BCUT2D eigenvalue weighted by atomic mass is 79.9. The van der Waals surface area contributed by atoms with Gasteiger partial charge in [-0.25, -0.2) is 4.39 Å². The average molecular weight is 359 g/mol. The van der Waals surface area contributed by atoms with Gasteiger partial charge in [0, 0.05) is 22.7 Å². The molecule has 0 heterocycles. The molecule has 0 bridgehead atoms. The zero-order valence-electron chi connectivity index (χ0n) is 10.9. The van der Waals surface area contributed by atoms with E-state index in [4.69, 9.17) is 16.3 Å². The summed E-state index contributed by atoms with van der Waals surface area (Å²) in [6.07, 6.45) is 0. The Morgan fingerprint density at radius 3 is 2.75 bits per heavy atom. The molecular formula is C15H14BrClFNO. The topological polar surface area (TPSA) is 21.3 Å². The largest absolute Gasteiger partial charge is 0.487 e. The number of benzene rings is 2. The van der Waals surface area contributed by atoms with Gasteiger partial charge in [0.2, 0.25) is 0 Å². The fourth-order valence-corrected chi connectivity index (χ4v) is 2.51. The molecule has 2 aromatic rings. The zero-order valence-corrected chi connectivity index (χ0v) is 13.3. The van der Waals surface area contributed by atoms with E-state index in [2.05, 4.69) is 21.2 Å². The molecule has 20 heavy (non-hydrogen) atoms. The van der Waals surface area contributed by atoms with Gasteiger partial charge in [0.15, 0.2) is 0 Å². The fraction of sp³-hybridized carbons (Fsp3) is 0.200. The van der Waals surface area contributed by atoms with Crippen molar-refractivity contribution in [2.24, 2.45) is 0 Å². The number of ether oxygens (including phenoxy) is 1. The van der Waals surface area contributed by atoms with Gasteiger partial charge in [-0.2, -0.15) is 0 Å². The van der Waals surface area contributed by atoms with Crippen molar-refractivity contribution in [2.45, 2.75) is 13.2 Å². The molecule has 1 N–H and O–H groups in total. The van der Waals surface area contributed by atoms with Crippen molar-refractivity contribution in [2.75, 3.05) is 7.05 Å². The quantitative estimate of drug-likeness (QED) is 0.847. The fourth-order valence-electron chi connectivity index (χ4n) is 1.83. The van der Waals surface area contributed by atoms with Crippen LogP contribution in [0, 0.1) is 5.82 Å². The van der Waals surface area contributed by atoms with Gasteiger partial charge < -0.3 is 10.1 Å². The van der Waals surface area contributed by atoms with Crippen molar-refractivity contribution in [1.82, 2.24) is 5.32 Å². The van der Waals surface area contributed by atoms with Gasteiger partial charge in [0.25, 0.3) is 0 Å². The predicted octanol–water partition coefficient (Wildman–Crippen LogP) is 4.54. The molecule has 106 valence electrons. The molecule has 0 aliphatic carbocycles. The third-order valence-corrected chi connectivity index (χ3v) is 3.66. The summed E-state index contributed by atoms with van der Waals surface area (Å²) in [5, 5.41) is 3.45. The molecule has 0 fully saturated rings. The minimum absolute atomic E-state index is 0.155. The van der Waals surface area contributed by atoms with Gasteiger partial charge in [-0.05, 0) is 41.2 Å². The van der Waals surface area contributed by atoms with Crippen molar-refractivity contribution in [3.8, 4) is 5.75 Å². The van der Waals surface area contributed by atoms with E-state index in [0.717, 1.165) is 15.8 Å². The van der Waals surface area contributed by atoms with E-state index < -0.39 is 0 Å². The highest BCUT2D eigenvalue weighted by molar-refractivity contribution is 9.10. The summed E-state index contributed by atoms with van der Waals surface area (Å²) in [7, 11) is 1.86. The van der Waals surface area contributed by atoms with Crippen LogP contribution in [0.4, 0.5) is 4.39 Å². The minimum atomic E-state index is -0.361. The average Bonchev–Trinajstić information content (AvgIpc) is 2.40. The molecule has 0 unspecified atom stereocenters. The molecule has 2 rings (SSSR count). The lowest BCUT2D eigenvalue weighted by molar-refractivity contribution is 0.294. The Bertz CT molecular complexity index is 606. The van der Waals surface area contributed by atoms with Gasteiger partial charge in [-0.15, -0.1) is 0 Å². The highest BCUT2D eigenvalue weighted by Gasteiger charge is 2.10. The molecule has 0 aliphatic heterocycles. The molecular weight excluding hydrogens is 345 g/mol. The molecule has 0 saturated heterocycles. The van der Waals surface area contributed by atoms with E-state index in [9.17, 15) is 4.39 Å². The van der Waals surface area contributed by atoms with Crippen molar-refractivity contribution in [1.29, 1.82) is 0 Å². The normalized spacial score (nSPS) is 10.6. The van der Waals surface area contributed by atoms with Crippen LogP contribution in [-0.2, 0) is 13.2 Å². The van der Waals surface area contributed by atoms with Crippen LogP contribution in [0.15, 0.2) is 40.9 Å². The van der Waals surface area contributed by atoms with Crippen molar-refractivity contribution in [3.63, 3.8) is 0 Å². The Morgan fingerprint density at radius 2 is 2.05 bits per heavy atom. The van der Waals surface area contributed by atoms with Crippen molar-refractivity contribution in [3.05, 3.63) is 62.8 Å². The summed E-state index contributed by atoms with van der Waals surface area (Å²) in [6.45, 7) is 0.834. The summed E-state index contributed by atoms with van der Waals surface area (Å²) in [4.78, 5) is 0. The second-order valence-corrected chi connectivity index (χ2v) is 5.57. The van der Waals surface area contributed by atoms with Gasteiger partial charge in [0.1, 0.15) is 18.2 Å². The Kier molecular flexibility index (Phi) is 5.40. The summed E-state index contributed by atoms with van der Waals surface area (Å²) in [5.74, 6) is 0.357. The van der Waals surface area contributed by atoms with Crippen LogP contribution in [-0.4, -0.2) is 7.05 Å². The third kappa shape index (κ3) is 3.72. The van der Waals surface area contributed by atoms with E-state index in [1.807, 2.05) is 25.2 Å². The van der Waals surface area contributed by atoms with Crippen LogP contribution in [0.3, 0.4) is 0 Å². The molecule has 5 heteroatoms.